The van der Waals surface area contributed by atoms with Crippen LogP contribution in [0.5, 0.6) is 11.5 Å². The average molecular weight is 214 g/mol. The predicted octanol–water partition coefficient (Wildman–Crippen LogP) is -3.22. The number of fused-ring (bicyclic) bond motifs is 1. The molecule has 0 unspecified atom stereocenters. The van der Waals surface area contributed by atoms with E-state index in [2.05, 4.69) is 0 Å². The highest BCUT2D eigenvalue weighted by molar-refractivity contribution is 6.55. The van der Waals surface area contributed by atoms with Gasteiger partial charge in [-0.05, 0) is 10.9 Å². The van der Waals surface area contributed by atoms with Gasteiger partial charge in [-0.2, -0.15) is 0 Å². The van der Waals surface area contributed by atoms with Gasteiger partial charge in [0.2, 0.25) is 6.79 Å². The molecule has 0 radical (unpaired) electrons. The highest BCUT2D eigenvalue weighted by Gasteiger charge is 2.25. The molecule has 6 heteroatoms. The van der Waals surface area contributed by atoms with Gasteiger partial charge in [0.05, 0.1) is 0 Å². The summed E-state index contributed by atoms with van der Waals surface area (Å²) in [5.74, 6) is 1.69. The summed E-state index contributed by atoms with van der Waals surface area (Å²) in [6, 6.07) is 0. The van der Waals surface area contributed by atoms with Gasteiger partial charge >= 0.3 is 0 Å². The van der Waals surface area contributed by atoms with Crippen molar-refractivity contribution in [1.82, 2.24) is 0 Å². The predicted molar refractivity (Wildman–Crippen MR) is 71.7 cm³/mol. The first kappa shape index (κ1) is 11.2. The van der Waals surface area contributed by atoms with E-state index in [1.54, 1.807) is 0 Å². The van der Waals surface area contributed by atoms with Crippen LogP contribution in [0, 0.1) is 0 Å². The zero-order valence-corrected chi connectivity index (χ0v) is 10.1. The van der Waals surface area contributed by atoms with Crippen molar-refractivity contribution in [2.45, 2.75) is 13.3 Å². The molecule has 80 valence electrons. The van der Waals surface area contributed by atoms with Gasteiger partial charge in [-0.15, -0.1) is 0 Å². The van der Waals surface area contributed by atoms with Crippen LogP contribution in [0.3, 0.4) is 0 Å². The maximum atomic E-state index is 11.9. The Morgan fingerprint density at radius 2 is 1.69 bits per heavy atom. The second-order valence-electron chi connectivity index (χ2n) is 4.09. The molecule has 0 bridgehead atoms. The maximum absolute atomic E-state index is 11.9. The molecule has 0 N–H and O–H groups in total. The minimum Gasteiger partial charge on any atom is -0.454 e. The number of Topliss-reactive ketones (excluding diaryl/α,β-unsaturated/α-hetero) is 1. The van der Waals surface area contributed by atoms with Gasteiger partial charge in [0.15, 0.2) is 17.3 Å². The summed E-state index contributed by atoms with van der Waals surface area (Å²) in [7, 11) is 5.85. The smallest absolute Gasteiger partial charge is 0.231 e. The Morgan fingerprint density at radius 3 is 2.25 bits per heavy atom. The van der Waals surface area contributed by atoms with Gasteiger partial charge in [-0.25, -0.2) is 0 Å². The minimum atomic E-state index is 0.163. The van der Waals surface area contributed by atoms with E-state index in [4.69, 9.17) is 9.47 Å². The number of carbonyl (C=O) groups is 1. The summed E-state index contributed by atoms with van der Waals surface area (Å²) in [6.07, 6.45) is 0.515. The summed E-state index contributed by atoms with van der Waals surface area (Å²) in [5, 5.41) is 0. The van der Waals surface area contributed by atoms with E-state index >= 15 is 0 Å². The normalized spacial score (nSPS) is 12.8. The molecule has 1 aromatic carbocycles. The molecule has 0 saturated heterocycles. The van der Waals surface area contributed by atoms with Crippen molar-refractivity contribution in [2.24, 2.45) is 0 Å². The van der Waals surface area contributed by atoms with Gasteiger partial charge in [0.1, 0.15) is 23.5 Å². The third kappa shape index (κ3) is 1.44. The quantitative estimate of drug-likeness (QED) is 0.383. The van der Waals surface area contributed by atoms with Crippen molar-refractivity contribution in [3.8, 4) is 11.5 Å². The second kappa shape index (κ2) is 3.93. The molecule has 0 spiro atoms. The van der Waals surface area contributed by atoms with Crippen molar-refractivity contribution < 1.29 is 14.3 Å². The first-order valence-electron chi connectivity index (χ1n) is 5.50. The number of hydrogen-bond acceptors (Lipinski definition) is 3. The first-order valence-corrected chi connectivity index (χ1v) is 5.50. The molecule has 0 amide bonds. The lowest BCUT2D eigenvalue weighted by molar-refractivity contribution is 0.0990. The van der Waals surface area contributed by atoms with Crippen LogP contribution in [0.1, 0.15) is 23.7 Å². The van der Waals surface area contributed by atoms with Crippen LogP contribution < -0.4 is 25.9 Å². The molecule has 0 fully saturated rings. The van der Waals surface area contributed by atoms with E-state index in [0.29, 0.717) is 6.42 Å². The Bertz CT molecular complexity index is 471. The zero-order valence-electron chi connectivity index (χ0n) is 10.1. The van der Waals surface area contributed by atoms with E-state index in [1.807, 2.05) is 30.5 Å². The fourth-order valence-electron chi connectivity index (χ4n) is 2.18. The van der Waals surface area contributed by atoms with Gasteiger partial charge in [-0.3, -0.25) is 4.79 Å². The molecular formula is C10H13B3O3. The molecule has 3 nitrogen and oxygen atoms in total. The molecule has 0 aliphatic carbocycles. The van der Waals surface area contributed by atoms with Gasteiger partial charge < -0.3 is 9.47 Å². The number of rotatable bonds is 2. The van der Waals surface area contributed by atoms with E-state index < -0.39 is 0 Å². The second-order valence-corrected chi connectivity index (χ2v) is 4.09. The van der Waals surface area contributed by atoms with E-state index in [1.165, 1.54) is 0 Å². The molecule has 1 aromatic rings. The molecule has 0 aromatic heterocycles. The highest BCUT2D eigenvalue weighted by Crippen LogP contribution is 2.27. The number of ketones is 1. The van der Waals surface area contributed by atoms with Gasteiger partial charge in [0, 0.05) is 12.0 Å². The number of benzene rings is 1. The molecular weight excluding hydrogens is 201 g/mol. The van der Waals surface area contributed by atoms with E-state index in [9.17, 15) is 4.79 Å². The summed E-state index contributed by atoms with van der Waals surface area (Å²) in [6.45, 7) is 2.13. The van der Waals surface area contributed by atoms with E-state index in [-0.39, 0.29) is 12.6 Å². The van der Waals surface area contributed by atoms with Crippen molar-refractivity contribution in [3.63, 3.8) is 0 Å². The van der Waals surface area contributed by atoms with Crippen LogP contribution in [0.4, 0.5) is 0 Å². The van der Waals surface area contributed by atoms with Crippen molar-refractivity contribution in [1.29, 1.82) is 0 Å². The molecule has 1 aliphatic heterocycles. The molecule has 16 heavy (non-hydrogen) atoms. The average Bonchev–Trinajstić information content (AvgIpc) is 2.75. The summed E-state index contributed by atoms with van der Waals surface area (Å²) in [4.78, 5) is 11.9. The van der Waals surface area contributed by atoms with Crippen molar-refractivity contribution in [3.05, 3.63) is 5.56 Å². The van der Waals surface area contributed by atoms with E-state index in [0.717, 1.165) is 33.5 Å². The Labute approximate surface area is 97.7 Å². The lowest BCUT2D eigenvalue weighted by atomic mass is 9.70. The summed E-state index contributed by atoms with van der Waals surface area (Å²) in [5.41, 5.74) is 3.72. The summed E-state index contributed by atoms with van der Waals surface area (Å²) < 4.78 is 10.9. The van der Waals surface area contributed by atoms with Gasteiger partial charge in [-0.1, -0.05) is 12.4 Å². The Morgan fingerprint density at radius 1 is 1.12 bits per heavy atom. The Kier molecular flexibility index (Phi) is 2.74. The molecule has 0 saturated carbocycles. The van der Waals surface area contributed by atoms with Crippen LogP contribution in [0.15, 0.2) is 0 Å². The third-order valence-corrected chi connectivity index (χ3v) is 3.21. The van der Waals surface area contributed by atoms with Crippen LogP contribution in [0.2, 0.25) is 0 Å². The fourth-order valence-corrected chi connectivity index (χ4v) is 2.18. The van der Waals surface area contributed by atoms with Crippen LogP contribution in [-0.4, -0.2) is 36.1 Å². The topological polar surface area (TPSA) is 35.5 Å². The Balaban J connectivity index is 2.71. The largest absolute Gasteiger partial charge is 0.454 e. The number of carbonyl (C=O) groups excluding carboxylic acids is 1. The van der Waals surface area contributed by atoms with Crippen LogP contribution in [-0.2, 0) is 0 Å². The number of ether oxygens (including phenoxy) is 2. The van der Waals surface area contributed by atoms with Crippen LogP contribution >= 0.6 is 0 Å². The zero-order chi connectivity index (χ0) is 11.9. The minimum absolute atomic E-state index is 0.163. The lowest BCUT2D eigenvalue weighted by Crippen LogP contribution is -2.38. The monoisotopic (exact) mass is 214 g/mol. The maximum Gasteiger partial charge on any atom is 0.231 e. The molecule has 0 atom stereocenters. The SMILES string of the molecule is Bc1c(B)c(C(=O)CC)c(B)c2c1OCO2. The lowest BCUT2D eigenvalue weighted by Gasteiger charge is -2.14. The van der Waals surface area contributed by atoms with Gasteiger partial charge in [0.25, 0.3) is 0 Å². The fraction of sp³-hybridized carbons (Fsp3) is 0.300. The molecule has 1 heterocycles. The Hall–Kier alpha value is -1.32. The number of hydrogen-bond donors (Lipinski definition) is 0. The van der Waals surface area contributed by atoms with Crippen molar-refractivity contribution >= 4 is 45.7 Å². The standard InChI is InChI=1S/C10H13B3O3/c1-2-4(14)5-6(11)8(13)10-9(7(5)12)15-3-16-10/h2-3,11-13H2,1H3. The molecule has 2 rings (SSSR count). The third-order valence-electron chi connectivity index (χ3n) is 3.21. The highest BCUT2D eigenvalue weighted by atomic mass is 16.7. The summed E-state index contributed by atoms with van der Waals surface area (Å²) >= 11 is 0. The van der Waals surface area contributed by atoms with Crippen LogP contribution in [0.25, 0.3) is 0 Å². The van der Waals surface area contributed by atoms with Crippen molar-refractivity contribution in [2.75, 3.05) is 6.79 Å². The first-order chi connectivity index (χ1) is 7.57. The molecule has 1 aliphatic rings.